The Hall–Kier alpha value is -3.43. The monoisotopic (exact) mass is 464 g/mol. The summed E-state index contributed by atoms with van der Waals surface area (Å²) >= 11 is 0. The minimum absolute atomic E-state index is 0.512. The summed E-state index contributed by atoms with van der Waals surface area (Å²) < 4.78 is 12.2. The molecule has 2 aromatic heterocycles. The second kappa shape index (κ2) is 9.82. The van der Waals surface area contributed by atoms with E-state index in [1.165, 1.54) is 4.68 Å². The van der Waals surface area contributed by atoms with Crippen molar-refractivity contribution >= 4 is 23.4 Å². The summed E-state index contributed by atoms with van der Waals surface area (Å²) in [6.45, 7) is 11.3. The van der Waals surface area contributed by atoms with Gasteiger partial charge in [-0.25, -0.2) is 9.78 Å². The molecule has 1 fully saturated rings. The fraction of sp³-hybridized carbons (Fsp3) is 0.400. The zero-order valence-electron chi connectivity index (χ0n) is 20.2. The molecule has 3 aromatic rings. The van der Waals surface area contributed by atoms with Crippen LogP contribution >= 0.6 is 0 Å². The lowest BCUT2D eigenvalue weighted by molar-refractivity contribution is 0.0342. The van der Waals surface area contributed by atoms with Crippen molar-refractivity contribution in [1.82, 2.24) is 19.7 Å². The summed E-state index contributed by atoms with van der Waals surface area (Å²) in [7, 11) is 0. The first kappa shape index (κ1) is 23.7. The predicted molar refractivity (Wildman–Crippen MR) is 132 cm³/mol. The van der Waals surface area contributed by atoms with E-state index >= 15 is 0 Å². The Morgan fingerprint density at radius 2 is 1.91 bits per heavy atom. The lowest BCUT2D eigenvalue weighted by Gasteiger charge is -2.26. The van der Waals surface area contributed by atoms with Gasteiger partial charge < -0.3 is 20.5 Å². The van der Waals surface area contributed by atoms with E-state index < -0.39 is 11.7 Å². The van der Waals surface area contributed by atoms with E-state index in [1.54, 1.807) is 6.07 Å². The third-order valence-electron chi connectivity index (χ3n) is 5.29. The molecule has 0 atom stereocenters. The highest BCUT2D eigenvalue weighted by Crippen LogP contribution is 2.26. The van der Waals surface area contributed by atoms with Crippen LogP contribution in [0.5, 0.6) is 0 Å². The Bertz CT molecular complexity index is 1160. The van der Waals surface area contributed by atoms with Crippen LogP contribution in [-0.2, 0) is 16.0 Å². The molecule has 1 saturated heterocycles. The van der Waals surface area contributed by atoms with Crippen LogP contribution in [0.3, 0.4) is 0 Å². The minimum atomic E-state index is -0.606. The van der Waals surface area contributed by atoms with Crippen LogP contribution in [0.25, 0.3) is 11.3 Å². The number of ether oxygens (including phenoxy) is 2. The molecule has 0 unspecified atom stereocenters. The molecule has 1 aliphatic rings. The molecule has 0 spiro atoms. The molecule has 0 bridgehead atoms. The highest BCUT2D eigenvalue weighted by atomic mass is 16.6. The number of nitrogens with one attached hydrogen (secondary N) is 1. The number of hydrogen-bond acceptors (Lipinski definition) is 8. The first-order valence-corrected chi connectivity index (χ1v) is 11.4. The van der Waals surface area contributed by atoms with Gasteiger partial charge in [-0.2, -0.15) is 4.68 Å². The van der Waals surface area contributed by atoms with Gasteiger partial charge in [0.25, 0.3) is 0 Å². The molecule has 0 amide bonds. The molecular weight excluding hydrogens is 432 g/mol. The molecule has 34 heavy (non-hydrogen) atoms. The quantitative estimate of drug-likeness (QED) is 0.541. The average molecular weight is 465 g/mol. The zero-order valence-corrected chi connectivity index (χ0v) is 20.2. The van der Waals surface area contributed by atoms with E-state index in [1.807, 2.05) is 58.0 Å². The van der Waals surface area contributed by atoms with E-state index in [0.717, 1.165) is 49.7 Å². The molecule has 9 heteroatoms. The number of nitrogens with zero attached hydrogens (tertiary/aromatic N) is 4. The standard InChI is InChI=1S/C25H32N6O3/c1-17-12-23(29-31(17)24(32)34-25(2,3)4)28-22-14-18(16-30-8-10-33-11-9-30)13-21(27-22)19-6-5-7-20(26)15-19/h5-7,12-15H,8-11,16,26H2,1-4H3,(H,27,28,29). The molecule has 1 aromatic carbocycles. The smallest absolute Gasteiger partial charge is 0.435 e. The fourth-order valence-corrected chi connectivity index (χ4v) is 3.76. The largest absolute Gasteiger partial charge is 0.442 e. The summed E-state index contributed by atoms with van der Waals surface area (Å²) in [5, 5.41) is 7.66. The lowest BCUT2D eigenvalue weighted by Crippen LogP contribution is -2.35. The molecule has 4 rings (SSSR count). The van der Waals surface area contributed by atoms with Gasteiger partial charge in [0, 0.05) is 42.6 Å². The summed E-state index contributed by atoms with van der Waals surface area (Å²) in [5.41, 5.74) is 9.61. The third-order valence-corrected chi connectivity index (χ3v) is 5.29. The molecule has 9 nitrogen and oxygen atoms in total. The predicted octanol–water partition coefficient (Wildman–Crippen LogP) is 4.19. The SMILES string of the molecule is Cc1cc(Nc2cc(CN3CCOCC3)cc(-c3cccc(N)c3)n2)nn1C(=O)OC(C)(C)C. The molecule has 1 aliphatic heterocycles. The van der Waals surface area contributed by atoms with Crippen LogP contribution in [0.2, 0.25) is 0 Å². The Morgan fingerprint density at radius 3 is 2.62 bits per heavy atom. The highest BCUT2D eigenvalue weighted by Gasteiger charge is 2.21. The van der Waals surface area contributed by atoms with Crippen molar-refractivity contribution in [3.8, 4) is 11.3 Å². The van der Waals surface area contributed by atoms with Gasteiger partial charge >= 0.3 is 6.09 Å². The Balaban J connectivity index is 1.63. The van der Waals surface area contributed by atoms with Crippen LogP contribution in [0.4, 0.5) is 22.1 Å². The van der Waals surface area contributed by atoms with E-state index in [2.05, 4.69) is 21.4 Å². The van der Waals surface area contributed by atoms with Crippen LogP contribution in [0, 0.1) is 6.92 Å². The molecule has 0 saturated carbocycles. The van der Waals surface area contributed by atoms with Crippen molar-refractivity contribution in [2.24, 2.45) is 0 Å². The number of morpholine rings is 1. The van der Waals surface area contributed by atoms with Gasteiger partial charge in [-0.3, -0.25) is 4.90 Å². The van der Waals surface area contributed by atoms with Crippen molar-refractivity contribution in [1.29, 1.82) is 0 Å². The first-order chi connectivity index (χ1) is 16.2. The Kier molecular flexibility index (Phi) is 6.85. The summed E-state index contributed by atoms with van der Waals surface area (Å²) in [6, 6.07) is 13.5. The second-order valence-corrected chi connectivity index (χ2v) is 9.45. The number of nitrogens with two attached hydrogens (primary N) is 1. The summed E-state index contributed by atoms with van der Waals surface area (Å²) in [6.07, 6.45) is -0.521. The second-order valence-electron chi connectivity index (χ2n) is 9.45. The minimum Gasteiger partial charge on any atom is -0.442 e. The summed E-state index contributed by atoms with van der Waals surface area (Å²) in [5.74, 6) is 1.15. The Labute approximate surface area is 199 Å². The first-order valence-electron chi connectivity index (χ1n) is 11.4. The maximum atomic E-state index is 12.5. The van der Waals surface area contributed by atoms with Gasteiger partial charge in [0.05, 0.1) is 18.9 Å². The number of anilines is 3. The van der Waals surface area contributed by atoms with Gasteiger partial charge in [0.1, 0.15) is 11.4 Å². The molecule has 0 radical (unpaired) electrons. The maximum absolute atomic E-state index is 12.5. The topological polar surface area (TPSA) is 108 Å². The van der Waals surface area contributed by atoms with Crippen molar-refractivity contribution < 1.29 is 14.3 Å². The van der Waals surface area contributed by atoms with Crippen LogP contribution < -0.4 is 11.1 Å². The fourth-order valence-electron chi connectivity index (χ4n) is 3.76. The van der Waals surface area contributed by atoms with Crippen LogP contribution in [-0.4, -0.2) is 57.7 Å². The van der Waals surface area contributed by atoms with E-state index in [4.69, 9.17) is 20.2 Å². The van der Waals surface area contributed by atoms with Crippen molar-refractivity contribution in [3.05, 3.63) is 53.7 Å². The number of rotatable bonds is 5. The molecule has 0 aliphatic carbocycles. The van der Waals surface area contributed by atoms with Gasteiger partial charge in [0.15, 0.2) is 5.82 Å². The van der Waals surface area contributed by atoms with Crippen LogP contribution in [0.15, 0.2) is 42.5 Å². The lowest BCUT2D eigenvalue weighted by atomic mass is 10.1. The van der Waals surface area contributed by atoms with E-state index in [9.17, 15) is 4.79 Å². The van der Waals surface area contributed by atoms with Gasteiger partial charge in [-0.15, -0.1) is 5.10 Å². The summed E-state index contributed by atoms with van der Waals surface area (Å²) in [4.78, 5) is 19.7. The third kappa shape index (κ3) is 6.12. The number of carbonyl (C=O) groups is 1. The Morgan fingerprint density at radius 1 is 1.15 bits per heavy atom. The van der Waals surface area contributed by atoms with Gasteiger partial charge in [-0.1, -0.05) is 12.1 Å². The number of pyridine rings is 1. The van der Waals surface area contributed by atoms with E-state index in [-0.39, 0.29) is 0 Å². The van der Waals surface area contributed by atoms with E-state index in [0.29, 0.717) is 23.0 Å². The van der Waals surface area contributed by atoms with Crippen LogP contribution in [0.1, 0.15) is 32.0 Å². The number of aryl methyl sites for hydroxylation is 1. The number of benzene rings is 1. The number of hydrogen-bond donors (Lipinski definition) is 2. The molecular formula is C25H32N6O3. The maximum Gasteiger partial charge on any atom is 0.435 e. The zero-order chi connectivity index (χ0) is 24.3. The molecule has 180 valence electrons. The number of aromatic nitrogens is 3. The van der Waals surface area contributed by atoms with Crippen molar-refractivity contribution in [3.63, 3.8) is 0 Å². The molecule has 3 N–H and O–H groups in total. The average Bonchev–Trinajstić information content (AvgIpc) is 3.13. The van der Waals surface area contributed by atoms with Gasteiger partial charge in [-0.05, 0) is 57.5 Å². The number of carbonyl (C=O) groups excluding carboxylic acids is 1. The van der Waals surface area contributed by atoms with Crippen molar-refractivity contribution in [2.45, 2.75) is 39.8 Å². The van der Waals surface area contributed by atoms with Crippen molar-refractivity contribution in [2.75, 3.05) is 37.4 Å². The normalized spacial score (nSPS) is 14.7. The highest BCUT2D eigenvalue weighted by molar-refractivity contribution is 5.72. The molecule has 3 heterocycles. The van der Waals surface area contributed by atoms with Gasteiger partial charge in [0.2, 0.25) is 0 Å². The number of nitrogen functional groups attached to an aromatic ring is 1.